The van der Waals surface area contributed by atoms with Gasteiger partial charge in [0.25, 0.3) is 0 Å². The van der Waals surface area contributed by atoms with Crippen LogP contribution in [0.2, 0.25) is 0 Å². The lowest BCUT2D eigenvalue weighted by atomic mass is 10.3. The Kier molecular flexibility index (Phi) is 3.68. The Morgan fingerprint density at radius 2 is 2.24 bits per heavy atom. The molecular formula is C12H16N4S. The molecule has 1 atom stereocenters. The van der Waals surface area contributed by atoms with E-state index in [-0.39, 0.29) is 6.04 Å². The summed E-state index contributed by atoms with van der Waals surface area (Å²) in [5.41, 5.74) is 1.10. The molecule has 0 amide bonds. The summed E-state index contributed by atoms with van der Waals surface area (Å²) in [7, 11) is 0. The minimum absolute atomic E-state index is 0.163. The Bertz CT molecular complexity index is 495. The van der Waals surface area contributed by atoms with Gasteiger partial charge in [0, 0.05) is 11.1 Å². The molecule has 1 N–H and O–H groups in total. The average molecular weight is 248 g/mol. The van der Waals surface area contributed by atoms with E-state index in [1.54, 1.807) is 17.5 Å². The molecule has 2 aromatic rings. The number of anilines is 1. The SMILES string of the molecule is CCc1cnc(C(C)Nc2cc(C)cnn2)s1. The maximum absolute atomic E-state index is 4.41. The smallest absolute Gasteiger partial charge is 0.149 e. The lowest BCUT2D eigenvalue weighted by molar-refractivity contribution is 0.847. The molecule has 0 aliphatic rings. The standard InChI is InChI=1S/C12H16N4S/c1-4-10-7-13-12(17-10)9(3)15-11-5-8(2)6-14-16-11/h5-7,9H,4H2,1-3H3,(H,15,16). The fraction of sp³-hybridized carbons (Fsp3) is 0.417. The third-order valence-corrected chi connectivity index (χ3v) is 3.77. The molecule has 0 fully saturated rings. The number of aryl methyl sites for hydroxylation is 2. The molecule has 0 saturated heterocycles. The first-order valence-corrected chi connectivity index (χ1v) is 6.51. The van der Waals surface area contributed by atoms with Gasteiger partial charge in [-0.25, -0.2) is 4.98 Å². The third kappa shape index (κ3) is 3.00. The predicted molar refractivity (Wildman–Crippen MR) is 70.3 cm³/mol. The lowest BCUT2D eigenvalue weighted by Crippen LogP contribution is -2.08. The van der Waals surface area contributed by atoms with Crippen LogP contribution in [-0.4, -0.2) is 15.2 Å². The molecule has 2 aromatic heterocycles. The van der Waals surface area contributed by atoms with Gasteiger partial charge in [-0.2, -0.15) is 5.10 Å². The summed E-state index contributed by atoms with van der Waals surface area (Å²) in [6, 6.07) is 2.15. The maximum Gasteiger partial charge on any atom is 0.149 e. The Balaban J connectivity index is 2.08. The molecule has 90 valence electrons. The largest absolute Gasteiger partial charge is 0.360 e. The second kappa shape index (κ2) is 5.23. The van der Waals surface area contributed by atoms with Crippen molar-refractivity contribution in [2.45, 2.75) is 33.2 Å². The fourth-order valence-corrected chi connectivity index (χ4v) is 2.36. The second-order valence-electron chi connectivity index (χ2n) is 4.00. The van der Waals surface area contributed by atoms with Crippen molar-refractivity contribution in [3.63, 3.8) is 0 Å². The highest BCUT2D eigenvalue weighted by molar-refractivity contribution is 7.11. The minimum atomic E-state index is 0.163. The molecule has 0 saturated carbocycles. The first kappa shape index (κ1) is 12.0. The molecule has 0 aliphatic heterocycles. The second-order valence-corrected chi connectivity index (χ2v) is 5.15. The van der Waals surface area contributed by atoms with Gasteiger partial charge < -0.3 is 5.32 Å². The van der Waals surface area contributed by atoms with Crippen molar-refractivity contribution < 1.29 is 0 Å². The van der Waals surface area contributed by atoms with Gasteiger partial charge in [0.15, 0.2) is 0 Å². The first-order chi connectivity index (χ1) is 8.19. The summed E-state index contributed by atoms with van der Waals surface area (Å²) in [6.07, 6.45) is 4.73. The first-order valence-electron chi connectivity index (χ1n) is 5.69. The van der Waals surface area contributed by atoms with E-state index in [2.05, 4.69) is 34.3 Å². The van der Waals surface area contributed by atoms with Crippen molar-refractivity contribution in [3.8, 4) is 0 Å². The van der Waals surface area contributed by atoms with Crippen molar-refractivity contribution in [3.05, 3.63) is 33.9 Å². The summed E-state index contributed by atoms with van der Waals surface area (Å²) in [6.45, 7) is 6.23. The quantitative estimate of drug-likeness (QED) is 0.903. The molecule has 4 nitrogen and oxygen atoms in total. The van der Waals surface area contributed by atoms with E-state index >= 15 is 0 Å². The number of hydrogen-bond donors (Lipinski definition) is 1. The molecular weight excluding hydrogens is 232 g/mol. The van der Waals surface area contributed by atoms with Gasteiger partial charge in [0.05, 0.1) is 12.2 Å². The Hall–Kier alpha value is -1.49. The molecule has 2 heterocycles. The van der Waals surface area contributed by atoms with Crippen LogP contribution < -0.4 is 5.32 Å². The van der Waals surface area contributed by atoms with Crippen LogP contribution in [-0.2, 0) is 6.42 Å². The van der Waals surface area contributed by atoms with Crippen molar-refractivity contribution in [2.75, 3.05) is 5.32 Å². The van der Waals surface area contributed by atoms with E-state index < -0.39 is 0 Å². The van der Waals surface area contributed by atoms with E-state index in [1.165, 1.54) is 4.88 Å². The van der Waals surface area contributed by atoms with Gasteiger partial charge in [0.2, 0.25) is 0 Å². The van der Waals surface area contributed by atoms with Crippen molar-refractivity contribution in [2.24, 2.45) is 0 Å². The minimum Gasteiger partial charge on any atom is -0.360 e. The van der Waals surface area contributed by atoms with Gasteiger partial charge >= 0.3 is 0 Å². The zero-order valence-corrected chi connectivity index (χ0v) is 11.1. The summed E-state index contributed by atoms with van der Waals surface area (Å²) >= 11 is 1.74. The van der Waals surface area contributed by atoms with Gasteiger partial charge in [-0.3, -0.25) is 0 Å². The van der Waals surface area contributed by atoms with Crippen LogP contribution >= 0.6 is 11.3 Å². The Morgan fingerprint density at radius 3 is 2.88 bits per heavy atom. The number of aromatic nitrogens is 3. The molecule has 0 bridgehead atoms. The highest BCUT2D eigenvalue weighted by atomic mass is 32.1. The number of thiazole rings is 1. The molecule has 5 heteroatoms. The molecule has 0 radical (unpaired) electrons. The van der Waals surface area contributed by atoms with Crippen LogP contribution in [0.4, 0.5) is 5.82 Å². The van der Waals surface area contributed by atoms with Gasteiger partial charge in [-0.05, 0) is 31.9 Å². The fourth-order valence-electron chi connectivity index (χ4n) is 1.50. The summed E-state index contributed by atoms with van der Waals surface area (Å²) in [5, 5.41) is 12.4. The van der Waals surface area contributed by atoms with Crippen LogP contribution in [0.25, 0.3) is 0 Å². The summed E-state index contributed by atoms with van der Waals surface area (Å²) in [4.78, 5) is 5.72. The number of nitrogens with zero attached hydrogens (tertiary/aromatic N) is 3. The van der Waals surface area contributed by atoms with E-state index in [9.17, 15) is 0 Å². The molecule has 0 spiro atoms. The van der Waals surface area contributed by atoms with Gasteiger partial charge in [-0.15, -0.1) is 16.4 Å². The number of hydrogen-bond acceptors (Lipinski definition) is 5. The average Bonchev–Trinajstić information content (AvgIpc) is 2.77. The van der Waals surface area contributed by atoms with Crippen LogP contribution in [0.3, 0.4) is 0 Å². The zero-order chi connectivity index (χ0) is 12.3. The van der Waals surface area contributed by atoms with Crippen molar-refractivity contribution >= 4 is 17.2 Å². The van der Waals surface area contributed by atoms with E-state index in [4.69, 9.17) is 0 Å². The Morgan fingerprint density at radius 1 is 1.41 bits per heavy atom. The molecule has 0 aliphatic carbocycles. The maximum atomic E-state index is 4.41. The van der Waals surface area contributed by atoms with Gasteiger partial charge in [0.1, 0.15) is 10.8 Å². The zero-order valence-electron chi connectivity index (χ0n) is 10.3. The number of nitrogens with one attached hydrogen (secondary N) is 1. The van der Waals surface area contributed by atoms with Crippen molar-refractivity contribution in [1.82, 2.24) is 15.2 Å². The van der Waals surface area contributed by atoms with Crippen LogP contribution in [0, 0.1) is 6.92 Å². The van der Waals surface area contributed by atoms with E-state index in [0.717, 1.165) is 22.8 Å². The van der Waals surface area contributed by atoms with E-state index in [0.29, 0.717) is 0 Å². The van der Waals surface area contributed by atoms with Crippen molar-refractivity contribution in [1.29, 1.82) is 0 Å². The van der Waals surface area contributed by atoms with Crippen LogP contribution in [0.1, 0.15) is 35.3 Å². The third-order valence-electron chi connectivity index (χ3n) is 2.45. The molecule has 17 heavy (non-hydrogen) atoms. The topological polar surface area (TPSA) is 50.7 Å². The lowest BCUT2D eigenvalue weighted by Gasteiger charge is -2.11. The highest BCUT2D eigenvalue weighted by Crippen LogP contribution is 2.23. The van der Waals surface area contributed by atoms with Crippen LogP contribution in [0.5, 0.6) is 0 Å². The molecule has 1 unspecified atom stereocenters. The summed E-state index contributed by atoms with van der Waals surface area (Å²) in [5.74, 6) is 0.797. The Labute approximate surface area is 105 Å². The van der Waals surface area contributed by atoms with E-state index in [1.807, 2.05) is 19.2 Å². The van der Waals surface area contributed by atoms with Crippen LogP contribution in [0.15, 0.2) is 18.5 Å². The van der Waals surface area contributed by atoms with Gasteiger partial charge in [-0.1, -0.05) is 6.92 Å². The normalized spacial score (nSPS) is 12.4. The molecule has 2 rings (SSSR count). The molecule has 0 aromatic carbocycles. The number of rotatable bonds is 4. The predicted octanol–water partition coefficient (Wildman–Crippen LogP) is 2.98. The monoisotopic (exact) mass is 248 g/mol. The summed E-state index contributed by atoms with van der Waals surface area (Å²) < 4.78 is 0. The highest BCUT2D eigenvalue weighted by Gasteiger charge is 2.10.